The van der Waals surface area contributed by atoms with Gasteiger partial charge in [0.05, 0.1) is 30.2 Å². The number of carbonyl (C=O) groups excluding carboxylic acids is 2. The van der Waals surface area contributed by atoms with Crippen LogP contribution >= 0.6 is 0 Å². The topological polar surface area (TPSA) is 153 Å². The summed E-state index contributed by atoms with van der Waals surface area (Å²) < 4.78 is 33.9. The van der Waals surface area contributed by atoms with E-state index >= 15 is 0 Å². The van der Waals surface area contributed by atoms with Gasteiger partial charge in [0.1, 0.15) is 0 Å². The summed E-state index contributed by atoms with van der Waals surface area (Å²) in [6.45, 7) is 1.96. The Balaban J connectivity index is 1.43. The van der Waals surface area contributed by atoms with Crippen molar-refractivity contribution in [1.82, 2.24) is 35.5 Å². The van der Waals surface area contributed by atoms with E-state index in [0.29, 0.717) is 23.7 Å². The molecule has 11 nitrogen and oxygen atoms in total. The molecule has 2 atom stereocenters. The van der Waals surface area contributed by atoms with Crippen molar-refractivity contribution in [2.45, 2.75) is 76.3 Å². The molecule has 5 rings (SSSR count). The minimum absolute atomic E-state index is 0.00167. The van der Waals surface area contributed by atoms with Crippen LogP contribution < -0.4 is 16.4 Å². The van der Waals surface area contributed by atoms with Gasteiger partial charge in [0.15, 0.2) is 5.65 Å². The molecule has 0 aromatic carbocycles. The summed E-state index contributed by atoms with van der Waals surface area (Å²) >= 11 is 0. The third kappa shape index (κ3) is 5.54. The molecule has 0 aliphatic heterocycles. The van der Waals surface area contributed by atoms with Crippen LogP contribution in [0.2, 0.25) is 0 Å². The first-order valence-corrected chi connectivity index (χ1v) is 12.7. The number of rotatable bonds is 9. The van der Waals surface area contributed by atoms with Gasteiger partial charge in [-0.15, -0.1) is 0 Å². The van der Waals surface area contributed by atoms with Gasteiger partial charge in [0.25, 0.3) is 5.91 Å². The van der Waals surface area contributed by atoms with Gasteiger partial charge in [-0.25, -0.2) is 22.9 Å². The Labute approximate surface area is 211 Å². The normalized spacial score (nSPS) is 19.4. The molecule has 0 bridgehead atoms. The van der Waals surface area contributed by atoms with Gasteiger partial charge in [0, 0.05) is 19.3 Å². The molecule has 3 aromatic heterocycles. The SMILES string of the molecule is CCCC(=O)N[C@@H](c1cnn2cc([C@@H](NC(=O)c3nonc3N)C3CCC(F)(F)CC3)nc2c1)C1CC1. The van der Waals surface area contributed by atoms with E-state index in [1.54, 1.807) is 16.9 Å². The predicted octanol–water partition coefficient (Wildman–Crippen LogP) is 3.36. The Kier molecular flexibility index (Phi) is 6.78. The van der Waals surface area contributed by atoms with Gasteiger partial charge in [-0.2, -0.15) is 5.10 Å². The van der Waals surface area contributed by atoms with Crippen molar-refractivity contribution in [2.75, 3.05) is 5.73 Å². The van der Waals surface area contributed by atoms with E-state index < -0.39 is 17.9 Å². The summed E-state index contributed by atoms with van der Waals surface area (Å²) in [6.07, 6.45) is 6.56. The molecular weight excluding hydrogens is 486 g/mol. The number of alkyl halides is 2. The lowest BCUT2D eigenvalue weighted by Crippen LogP contribution is -2.37. The zero-order valence-corrected chi connectivity index (χ0v) is 20.5. The number of anilines is 1. The molecule has 0 spiro atoms. The molecule has 2 aliphatic rings. The van der Waals surface area contributed by atoms with E-state index in [9.17, 15) is 18.4 Å². The molecule has 37 heavy (non-hydrogen) atoms. The number of nitrogen functional groups attached to an aromatic ring is 1. The van der Waals surface area contributed by atoms with Crippen molar-refractivity contribution in [2.24, 2.45) is 11.8 Å². The van der Waals surface area contributed by atoms with Crippen LogP contribution in [0.3, 0.4) is 0 Å². The van der Waals surface area contributed by atoms with Crippen molar-refractivity contribution in [3.05, 3.63) is 35.4 Å². The van der Waals surface area contributed by atoms with Crippen LogP contribution in [0.1, 0.15) is 92.1 Å². The second-order valence-corrected chi connectivity index (χ2v) is 10.0. The fraction of sp³-hybridized carbons (Fsp3) is 0.583. The quantitative estimate of drug-likeness (QED) is 0.391. The first-order valence-electron chi connectivity index (χ1n) is 12.7. The minimum atomic E-state index is -2.72. The average molecular weight is 517 g/mol. The van der Waals surface area contributed by atoms with Gasteiger partial charge in [0.2, 0.25) is 23.3 Å². The van der Waals surface area contributed by atoms with E-state index in [1.807, 2.05) is 13.0 Å². The number of nitrogens with two attached hydrogens (primary N) is 1. The Morgan fingerprint density at radius 3 is 2.54 bits per heavy atom. The van der Waals surface area contributed by atoms with Crippen LogP contribution in [-0.2, 0) is 4.79 Å². The number of nitrogens with one attached hydrogen (secondary N) is 2. The molecule has 2 fully saturated rings. The highest BCUT2D eigenvalue weighted by Gasteiger charge is 2.40. The number of halogens is 2. The minimum Gasteiger partial charge on any atom is -0.379 e. The van der Waals surface area contributed by atoms with Crippen LogP contribution in [0.5, 0.6) is 0 Å². The molecule has 198 valence electrons. The molecule has 0 radical (unpaired) electrons. The first-order chi connectivity index (χ1) is 17.7. The highest BCUT2D eigenvalue weighted by molar-refractivity contribution is 5.96. The molecule has 13 heteroatoms. The summed E-state index contributed by atoms with van der Waals surface area (Å²) in [5, 5.41) is 17.4. The van der Waals surface area contributed by atoms with E-state index in [0.717, 1.165) is 24.8 Å². The maximum atomic E-state index is 13.9. The van der Waals surface area contributed by atoms with Crippen molar-refractivity contribution in [3.8, 4) is 0 Å². The Bertz CT molecular complexity index is 1280. The van der Waals surface area contributed by atoms with Gasteiger partial charge in [-0.1, -0.05) is 6.92 Å². The zero-order valence-electron chi connectivity index (χ0n) is 20.5. The van der Waals surface area contributed by atoms with E-state index in [2.05, 4.69) is 30.7 Å². The number of nitrogens with zero attached hydrogens (tertiary/aromatic N) is 5. The number of hydrogen-bond acceptors (Lipinski definition) is 8. The van der Waals surface area contributed by atoms with Crippen LogP contribution in [-0.4, -0.2) is 42.6 Å². The van der Waals surface area contributed by atoms with Crippen molar-refractivity contribution in [1.29, 1.82) is 0 Å². The third-order valence-corrected chi connectivity index (χ3v) is 7.17. The maximum Gasteiger partial charge on any atom is 0.277 e. The molecule has 3 aromatic rings. The summed E-state index contributed by atoms with van der Waals surface area (Å²) in [5.74, 6) is -3.43. The highest BCUT2D eigenvalue weighted by atomic mass is 19.3. The number of fused-ring (bicyclic) bond motifs is 1. The third-order valence-electron chi connectivity index (χ3n) is 7.17. The second kappa shape index (κ2) is 10.0. The molecule has 2 aliphatic carbocycles. The van der Waals surface area contributed by atoms with E-state index in [-0.39, 0.29) is 55.1 Å². The largest absolute Gasteiger partial charge is 0.379 e. The van der Waals surface area contributed by atoms with Crippen molar-refractivity contribution in [3.63, 3.8) is 0 Å². The lowest BCUT2D eigenvalue weighted by Gasteiger charge is -2.33. The average Bonchev–Trinajstić information content (AvgIpc) is 3.47. The second-order valence-electron chi connectivity index (χ2n) is 10.0. The Morgan fingerprint density at radius 2 is 1.89 bits per heavy atom. The smallest absolute Gasteiger partial charge is 0.277 e. The fourth-order valence-electron chi connectivity index (χ4n) is 5.00. The summed E-state index contributed by atoms with van der Waals surface area (Å²) in [7, 11) is 0. The van der Waals surface area contributed by atoms with Gasteiger partial charge < -0.3 is 16.4 Å². The van der Waals surface area contributed by atoms with Crippen LogP contribution in [0.4, 0.5) is 14.6 Å². The molecule has 2 saturated carbocycles. The number of aromatic nitrogens is 5. The zero-order chi connectivity index (χ0) is 26.2. The van der Waals surface area contributed by atoms with Crippen LogP contribution in [0.25, 0.3) is 5.65 Å². The van der Waals surface area contributed by atoms with Crippen molar-refractivity contribution < 1.29 is 23.0 Å². The number of imidazole rings is 1. The highest BCUT2D eigenvalue weighted by Crippen LogP contribution is 2.42. The lowest BCUT2D eigenvalue weighted by atomic mass is 9.81. The van der Waals surface area contributed by atoms with Gasteiger partial charge in [-0.3, -0.25) is 9.59 Å². The van der Waals surface area contributed by atoms with Gasteiger partial charge in [-0.05, 0) is 65.9 Å². The summed E-state index contributed by atoms with van der Waals surface area (Å²) in [5.41, 5.74) is 7.37. The summed E-state index contributed by atoms with van der Waals surface area (Å²) in [6, 6.07) is 1.06. The predicted molar refractivity (Wildman–Crippen MR) is 127 cm³/mol. The molecule has 3 heterocycles. The summed E-state index contributed by atoms with van der Waals surface area (Å²) in [4.78, 5) is 29.9. The monoisotopic (exact) mass is 516 g/mol. The molecule has 2 amide bonds. The van der Waals surface area contributed by atoms with Crippen molar-refractivity contribution >= 4 is 23.3 Å². The van der Waals surface area contributed by atoms with Crippen LogP contribution in [0.15, 0.2) is 23.1 Å². The number of hydrogen-bond donors (Lipinski definition) is 3. The molecule has 4 N–H and O–H groups in total. The first kappa shape index (κ1) is 25.0. The number of carbonyl (C=O) groups is 2. The maximum absolute atomic E-state index is 13.9. The fourth-order valence-corrected chi connectivity index (χ4v) is 5.00. The van der Waals surface area contributed by atoms with E-state index in [1.165, 1.54) is 0 Å². The molecule has 0 unspecified atom stereocenters. The number of amides is 2. The molecular formula is C24H30F2N8O3. The Hall–Kier alpha value is -3.64. The van der Waals surface area contributed by atoms with Gasteiger partial charge >= 0.3 is 0 Å². The lowest BCUT2D eigenvalue weighted by molar-refractivity contribution is -0.122. The Morgan fingerprint density at radius 1 is 1.16 bits per heavy atom. The van der Waals surface area contributed by atoms with E-state index in [4.69, 9.17) is 10.7 Å². The molecule has 0 saturated heterocycles. The standard InChI is InChI=1S/C24H30F2N8O3/c1-2-3-18(35)30-19(13-4-5-13)15-10-17-29-16(12-34(17)28-11-15)20(14-6-8-24(25,26)9-7-14)31-23(36)21-22(27)33-37-32-21/h10-14,19-20H,2-9H2,1H3,(H2,27,33)(H,30,35)(H,31,36)/t19-,20+/m1/s1. The van der Waals surface area contributed by atoms with Crippen LogP contribution in [0, 0.1) is 11.8 Å².